The van der Waals surface area contributed by atoms with Crippen molar-refractivity contribution in [3.63, 3.8) is 0 Å². The minimum atomic E-state index is -2.87. The van der Waals surface area contributed by atoms with Gasteiger partial charge in [-0.05, 0) is 0 Å². The summed E-state index contributed by atoms with van der Waals surface area (Å²) in [6.45, 7) is 29.6. The van der Waals surface area contributed by atoms with Gasteiger partial charge in [-0.1, -0.05) is 0 Å². The third-order valence-electron chi connectivity index (χ3n) is 11.4. The molecule has 2 atom stereocenters. The average molecular weight is 879 g/mol. The molecule has 0 heterocycles. The van der Waals surface area contributed by atoms with Gasteiger partial charge in [0.05, 0.1) is 0 Å². The van der Waals surface area contributed by atoms with E-state index in [1.807, 2.05) is 0 Å². The molecule has 0 saturated heterocycles. The average Bonchev–Trinajstić information content (AvgIpc) is 3.03. The Kier molecular flexibility index (Phi) is 26.3. The Bertz CT molecular complexity index is 700. The van der Waals surface area contributed by atoms with E-state index in [9.17, 15) is 5.11 Å². The first kappa shape index (κ1) is 46.5. The number of hydrogen-bond donors (Lipinski definition) is 1. The number of aliphatic hydroxyl groups is 1. The van der Waals surface area contributed by atoms with Crippen LogP contribution < -0.4 is 0 Å². The molecule has 45 heavy (non-hydrogen) atoms. The molecule has 0 unspecified atom stereocenters. The molecule has 0 aromatic rings. The number of rotatable bonds is 28. The Balaban J connectivity index is 8.00. The first-order valence-electron chi connectivity index (χ1n) is 20.2. The summed E-state index contributed by atoms with van der Waals surface area (Å²) >= 11 is -5.73. The van der Waals surface area contributed by atoms with Gasteiger partial charge < -0.3 is 0 Å². The molecule has 1 N–H and O–H groups in total. The molecular formula is C39H84O2Si2Sn2. The third-order valence-corrected chi connectivity index (χ3v) is 73.5. The van der Waals surface area contributed by atoms with Crippen molar-refractivity contribution in [3.05, 3.63) is 0 Å². The predicted octanol–water partition coefficient (Wildman–Crippen LogP) is 13.5. The van der Waals surface area contributed by atoms with Crippen molar-refractivity contribution in [2.45, 2.75) is 212 Å². The summed E-state index contributed by atoms with van der Waals surface area (Å²) in [6, 6.07) is 3.58. The van der Waals surface area contributed by atoms with Crippen LogP contribution in [0, 0.1) is 17.4 Å². The summed E-state index contributed by atoms with van der Waals surface area (Å²) in [7, 11) is -3.42. The number of unbranched alkanes of at least 4 members (excludes halogenated alkanes) is 6. The monoisotopic (exact) mass is 880 g/mol. The molecule has 268 valence electrons. The van der Waals surface area contributed by atoms with Gasteiger partial charge in [0.1, 0.15) is 0 Å². The van der Waals surface area contributed by atoms with Crippen LogP contribution in [-0.4, -0.2) is 71.0 Å². The zero-order valence-corrected chi connectivity index (χ0v) is 40.9. The van der Waals surface area contributed by atoms with Gasteiger partial charge in [0.15, 0.2) is 0 Å². The van der Waals surface area contributed by atoms with Crippen LogP contribution in [0.5, 0.6) is 0 Å². The van der Waals surface area contributed by atoms with Crippen LogP contribution in [0.15, 0.2) is 0 Å². The Hall–Kier alpha value is 1.51. The third kappa shape index (κ3) is 16.4. The van der Waals surface area contributed by atoms with Crippen LogP contribution in [0.2, 0.25) is 66.3 Å². The zero-order valence-electron chi connectivity index (χ0n) is 33.1. The van der Waals surface area contributed by atoms with Gasteiger partial charge in [0, 0.05) is 0 Å². The fourth-order valence-corrected chi connectivity index (χ4v) is 91.4. The van der Waals surface area contributed by atoms with E-state index in [0.29, 0.717) is 0 Å². The summed E-state index contributed by atoms with van der Waals surface area (Å²) in [4.78, 5) is 0. The topological polar surface area (TPSA) is 29.5 Å². The van der Waals surface area contributed by atoms with Gasteiger partial charge >= 0.3 is 298 Å². The van der Waals surface area contributed by atoms with Crippen LogP contribution >= 0.6 is 0 Å². The van der Waals surface area contributed by atoms with E-state index in [2.05, 4.69) is 93.4 Å². The number of aliphatic hydroxyl groups excluding tert-OH is 1. The fourth-order valence-electron chi connectivity index (χ4n) is 8.51. The standard InChI is InChI=1S/C15H30O2Si2.6C4H9.2Sn/c1-8-19(9-2,10-3)17-13-14(4)15(16)11-12-18(5,6)7;6*1-3-4-2;;/h4,14-16H,8-10,13H2,1-3,5-7H3;6*1,3-4H2,2H3;;/t14-,15+;;;;;;;;/m0......../s1. The SMILES string of the molecule is CCC[CH2][Sn]([CH2]CCC)([CH2]CCC)[CH]([C@@H](CO[Si](CC)(CC)CC)[C@H](O)C#C[Si](C)(C)C)[Sn]([CH2]CCC)([CH2]CCC)[CH2]CCC. The van der Waals surface area contributed by atoms with Crippen LogP contribution in [0.3, 0.4) is 0 Å². The maximum absolute atomic E-state index is 12.6. The van der Waals surface area contributed by atoms with E-state index in [1.165, 1.54) is 95.2 Å². The second kappa shape index (κ2) is 25.5. The van der Waals surface area contributed by atoms with Gasteiger partial charge in [-0.2, -0.15) is 0 Å². The quantitative estimate of drug-likeness (QED) is 0.0627. The van der Waals surface area contributed by atoms with Crippen LogP contribution in [0.1, 0.15) is 139 Å². The second-order valence-corrected chi connectivity index (χ2v) is 57.9. The summed E-state index contributed by atoms with van der Waals surface area (Å²) in [5.74, 6) is 3.90. The normalized spacial score (nSPS) is 14.4. The Labute approximate surface area is 296 Å². The van der Waals surface area contributed by atoms with E-state index in [1.54, 1.807) is 26.6 Å². The molecule has 0 aliphatic heterocycles. The Morgan fingerprint density at radius 3 is 1.11 bits per heavy atom. The van der Waals surface area contributed by atoms with E-state index < -0.39 is 59.2 Å². The van der Waals surface area contributed by atoms with E-state index in [-0.39, 0.29) is 5.92 Å². The molecule has 0 aliphatic carbocycles. The predicted molar refractivity (Wildman–Crippen MR) is 217 cm³/mol. The molecule has 0 radical (unpaired) electrons. The zero-order chi connectivity index (χ0) is 34.4. The van der Waals surface area contributed by atoms with Crippen molar-refractivity contribution in [1.82, 2.24) is 0 Å². The van der Waals surface area contributed by atoms with Gasteiger partial charge in [0.2, 0.25) is 0 Å². The summed E-state index contributed by atoms with van der Waals surface area (Å²) in [5.41, 5.74) is 3.70. The first-order chi connectivity index (χ1) is 21.4. The summed E-state index contributed by atoms with van der Waals surface area (Å²) in [5, 5.41) is 12.6. The first-order valence-corrected chi connectivity index (χ1v) is 41.7. The van der Waals surface area contributed by atoms with Gasteiger partial charge in [-0.3, -0.25) is 0 Å². The molecule has 6 heteroatoms. The molecule has 0 bridgehead atoms. The Morgan fingerprint density at radius 2 is 0.867 bits per heavy atom. The molecule has 0 aliphatic rings. The van der Waals surface area contributed by atoms with E-state index in [0.717, 1.165) is 8.56 Å². The van der Waals surface area contributed by atoms with Crippen molar-refractivity contribution in [2.75, 3.05) is 6.61 Å². The van der Waals surface area contributed by atoms with Crippen LogP contribution in [0.4, 0.5) is 0 Å². The van der Waals surface area contributed by atoms with Crippen LogP contribution in [0.25, 0.3) is 0 Å². The fraction of sp³-hybridized carbons (Fsp3) is 0.949. The molecule has 2 nitrogen and oxygen atoms in total. The van der Waals surface area contributed by atoms with E-state index in [4.69, 9.17) is 4.43 Å². The van der Waals surface area contributed by atoms with Crippen molar-refractivity contribution >= 4 is 53.1 Å². The molecule has 0 saturated carbocycles. The van der Waals surface area contributed by atoms with Crippen LogP contribution in [-0.2, 0) is 4.43 Å². The Morgan fingerprint density at radius 1 is 0.556 bits per heavy atom. The minimum absolute atomic E-state index is 0.258. The summed E-state index contributed by atoms with van der Waals surface area (Å²) in [6.07, 6.45) is 15.9. The van der Waals surface area contributed by atoms with Gasteiger partial charge in [0.25, 0.3) is 0 Å². The van der Waals surface area contributed by atoms with Crippen molar-refractivity contribution < 1.29 is 9.53 Å². The van der Waals surface area contributed by atoms with Crippen molar-refractivity contribution in [2.24, 2.45) is 5.92 Å². The molecule has 0 aromatic carbocycles. The molecular weight excluding hydrogens is 794 g/mol. The van der Waals surface area contributed by atoms with Gasteiger partial charge in [-0.25, -0.2) is 0 Å². The second-order valence-electron chi connectivity index (χ2n) is 16.0. The molecule has 0 aromatic heterocycles. The molecule has 0 fully saturated rings. The van der Waals surface area contributed by atoms with Crippen molar-refractivity contribution in [3.8, 4) is 11.5 Å². The molecule has 0 amide bonds. The van der Waals surface area contributed by atoms with Gasteiger partial charge in [-0.15, -0.1) is 0 Å². The summed E-state index contributed by atoms with van der Waals surface area (Å²) < 4.78 is 17.6. The molecule has 0 spiro atoms. The molecule has 0 rings (SSSR count). The maximum atomic E-state index is 12.6. The van der Waals surface area contributed by atoms with E-state index >= 15 is 0 Å². The van der Waals surface area contributed by atoms with Crippen molar-refractivity contribution in [1.29, 1.82) is 0 Å². The number of hydrogen-bond acceptors (Lipinski definition) is 2.